The standard InChI is InChI=1S/C27H31BrN2O7S/c1-2-36-25(33)13-7-6-12-24(32)29-18-8-11-22(31)21-16-14-19-15-17-23(26(28)27(19)30-21)37-38(34,35)20-9-4-3-5-10-20/h3-5,9-10,14-17,22,31H,2,6-8,11-13,18H2,1H3,(H,29,32). The number of hydrogen-bond acceptors (Lipinski definition) is 8. The van der Waals surface area contributed by atoms with Crippen LogP contribution in [0, 0.1) is 0 Å². The number of fused-ring (bicyclic) bond motifs is 1. The molecule has 9 nitrogen and oxygen atoms in total. The molecule has 0 spiro atoms. The van der Waals surface area contributed by atoms with Gasteiger partial charge < -0.3 is 19.3 Å². The first kappa shape index (κ1) is 29.5. The normalized spacial score (nSPS) is 12.2. The van der Waals surface area contributed by atoms with Crippen molar-refractivity contribution in [3.8, 4) is 5.75 Å². The Kier molecular flexibility index (Phi) is 11.1. The molecule has 2 N–H and O–H groups in total. The van der Waals surface area contributed by atoms with Crippen LogP contribution in [-0.2, 0) is 24.4 Å². The van der Waals surface area contributed by atoms with Gasteiger partial charge in [-0.1, -0.05) is 24.3 Å². The Labute approximate surface area is 230 Å². The predicted molar refractivity (Wildman–Crippen MR) is 146 cm³/mol. The minimum Gasteiger partial charge on any atom is -0.466 e. The van der Waals surface area contributed by atoms with Crippen LogP contribution in [0.5, 0.6) is 5.75 Å². The number of aliphatic hydroxyl groups is 1. The average Bonchev–Trinajstić information content (AvgIpc) is 2.91. The molecular formula is C27H31BrN2O7S. The third-order valence-electron chi connectivity index (χ3n) is 5.68. The molecule has 1 heterocycles. The van der Waals surface area contributed by atoms with Gasteiger partial charge in [-0.2, -0.15) is 8.42 Å². The molecule has 1 amide bonds. The van der Waals surface area contributed by atoms with Crippen LogP contribution in [0.25, 0.3) is 10.9 Å². The molecule has 2 aromatic carbocycles. The summed E-state index contributed by atoms with van der Waals surface area (Å²) in [6.45, 7) is 2.51. The lowest BCUT2D eigenvalue weighted by atomic mass is 10.1. The Hall–Kier alpha value is -3.02. The summed E-state index contributed by atoms with van der Waals surface area (Å²) in [5.74, 6) is -0.267. The van der Waals surface area contributed by atoms with E-state index in [-0.39, 0.29) is 22.5 Å². The van der Waals surface area contributed by atoms with Crippen molar-refractivity contribution < 1.29 is 32.0 Å². The maximum Gasteiger partial charge on any atom is 0.339 e. The second kappa shape index (κ2) is 14.2. The highest BCUT2D eigenvalue weighted by molar-refractivity contribution is 9.10. The number of nitrogens with one attached hydrogen (secondary N) is 1. The molecule has 38 heavy (non-hydrogen) atoms. The van der Waals surface area contributed by atoms with Crippen molar-refractivity contribution in [2.75, 3.05) is 13.2 Å². The van der Waals surface area contributed by atoms with Gasteiger partial charge >= 0.3 is 16.1 Å². The van der Waals surface area contributed by atoms with Gasteiger partial charge in [0, 0.05) is 24.8 Å². The van der Waals surface area contributed by atoms with E-state index in [9.17, 15) is 23.1 Å². The van der Waals surface area contributed by atoms with Crippen LogP contribution in [0.15, 0.2) is 64.0 Å². The van der Waals surface area contributed by atoms with Crippen LogP contribution in [0.3, 0.4) is 0 Å². The third-order valence-corrected chi connectivity index (χ3v) is 7.69. The summed E-state index contributed by atoms with van der Waals surface area (Å²) in [6.07, 6.45) is 1.86. The molecule has 3 rings (SSSR count). The molecule has 1 unspecified atom stereocenters. The van der Waals surface area contributed by atoms with E-state index in [4.69, 9.17) is 8.92 Å². The van der Waals surface area contributed by atoms with Crippen LogP contribution in [0.1, 0.15) is 57.2 Å². The minimum atomic E-state index is -4.03. The quantitative estimate of drug-likeness (QED) is 0.152. The van der Waals surface area contributed by atoms with Crippen LogP contribution in [0.4, 0.5) is 0 Å². The van der Waals surface area contributed by atoms with Crippen LogP contribution < -0.4 is 9.50 Å². The van der Waals surface area contributed by atoms with E-state index in [2.05, 4.69) is 26.2 Å². The van der Waals surface area contributed by atoms with Crippen molar-refractivity contribution in [1.82, 2.24) is 10.3 Å². The number of esters is 1. The molecule has 0 aliphatic heterocycles. The minimum absolute atomic E-state index is 0.0351. The van der Waals surface area contributed by atoms with Crippen molar-refractivity contribution in [2.45, 2.75) is 56.4 Å². The van der Waals surface area contributed by atoms with Gasteiger partial charge in [-0.25, -0.2) is 4.98 Å². The summed E-state index contributed by atoms with van der Waals surface area (Å²) >= 11 is 3.40. The Bertz CT molecular complexity index is 1350. The molecule has 1 atom stereocenters. The molecule has 0 saturated carbocycles. The molecular weight excluding hydrogens is 576 g/mol. The van der Waals surface area contributed by atoms with Gasteiger partial charge in [-0.15, -0.1) is 0 Å². The van der Waals surface area contributed by atoms with E-state index in [0.717, 1.165) is 5.39 Å². The molecule has 3 aromatic rings. The average molecular weight is 608 g/mol. The number of carbonyl (C=O) groups is 2. The summed E-state index contributed by atoms with van der Waals surface area (Å²) in [6, 6.07) is 14.6. The zero-order valence-electron chi connectivity index (χ0n) is 21.1. The van der Waals surface area contributed by atoms with Crippen molar-refractivity contribution in [3.05, 3.63) is 64.8 Å². The van der Waals surface area contributed by atoms with Gasteiger partial charge in [0.25, 0.3) is 0 Å². The highest BCUT2D eigenvalue weighted by Crippen LogP contribution is 2.34. The first-order chi connectivity index (χ1) is 18.2. The van der Waals surface area contributed by atoms with E-state index in [1.807, 2.05) is 0 Å². The molecule has 0 radical (unpaired) electrons. The molecule has 0 saturated heterocycles. The molecule has 0 aliphatic rings. The van der Waals surface area contributed by atoms with Crippen molar-refractivity contribution >= 4 is 48.8 Å². The van der Waals surface area contributed by atoms with Gasteiger partial charge in [0.15, 0.2) is 5.75 Å². The third kappa shape index (κ3) is 8.50. The molecule has 11 heteroatoms. The number of nitrogens with zero attached hydrogens (tertiary/aromatic N) is 1. The zero-order chi connectivity index (χ0) is 27.5. The smallest absolute Gasteiger partial charge is 0.339 e. The lowest BCUT2D eigenvalue weighted by Gasteiger charge is -2.14. The maximum atomic E-state index is 12.6. The number of rotatable bonds is 14. The van der Waals surface area contributed by atoms with Crippen molar-refractivity contribution in [1.29, 1.82) is 0 Å². The SMILES string of the molecule is CCOC(=O)CCCCC(=O)NCCCC(O)c1ccc2ccc(OS(=O)(=O)c3ccccc3)c(Br)c2n1. The highest BCUT2D eigenvalue weighted by Gasteiger charge is 2.20. The van der Waals surface area contributed by atoms with Gasteiger partial charge in [0.2, 0.25) is 5.91 Å². The van der Waals surface area contributed by atoms with E-state index in [1.165, 1.54) is 12.1 Å². The Morgan fingerprint density at radius 2 is 1.74 bits per heavy atom. The first-order valence-electron chi connectivity index (χ1n) is 12.4. The largest absolute Gasteiger partial charge is 0.466 e. The number of halogens is 1. The van der Waals surface area contributed by atoms with Gasteiger partial charge in [-0.3, -0.25) is 9.59 Å². The van der Waals surface area contributed by atoms with Gasteiger partial charge in [-0.05, 0) is 78.9 Å². The summed E-state index contributed by atoms with van der Waals surface area (Å²) in [7, 11) is -4.03. The van der Waals surface area contributed by atoms with Crippen molar-refractivity contribution in [3.63, 3.8) is 0 Å². The van der Waals surface area contributed by atoms with E-state index in [0.29, 0.717) is 67.4 Å². The second-order valence-electron chi connectivity index (χ2n) is 8.56. The summed E-state index contributed by atoms with van der Waals surface area (Å²) in [4.78, 5) is 27.9. The second-order valence-corrected chi connectivity index (χ2v) is 10.9. The van der Waals surface area contributed by atoms with Gasteiger partial charge in [0.1, 0.15) is 4.90 Å². The number of aromatic nitrogens is 1. The Balaban J connectivity index is 1.53. The van der Waals surface area contributed by atoms with Crippen molar-refractivity contribution in [2.24, 2.45) is 0 Å². The van der Waals surface area contributed by atoms with Gasteiger partial charge in [0.05, 0.1) is 28.4 Å². The van der Waals surface area contributed by atoms with Crippen LogP contribution in [-0.4, -0.2) is 43.5 Å². The molecule has 204 valence electrons. The van der Waals surface area contributed by atoms with Crippen LogP contribution >= 0.6 is 15.9 Å². The fraction of sp³-hybridized carbons (Fsp3) is 0.370. The number of hydrogen-bond donors (Lipinski definition) is 2. The number of unbranched alkanes of at least 4 members (excludes halogenated alkanes) is 1. The molecule has 0 fully saturated rings. The number of pyridine rings is 1. The summed E-state index contributed by atoms with van der Waals surface area (Å²) in [5.41, 5.74) is 0.880. The number of amides is 1. The topological polar surface area (TPSA) is 132 Å². The number of benzene rings is 2. The van der Waals surface area contributed by atoms with E-state index < -0.39 is 16.2 Å². The molecule has 0 aliphatic carbocycles. The highest BCUT2D eigenvalue weighted by atomic mass is 79.9. The lowest BCUT2D eigenvalue weighted by molar-refractivity contribution is -0.143. The monoisotopic (exact) mass is 606 g/mol. The first-order valence-corrected chi connectivity index (χ1v) is 14.6. The molecule has 1 aromatic heterocycles. The summed E-state index contributed by atoms with van der Waals surface area (Å²) in [5, 5.41) is 14.2. The van der Waals surface area contributed by atoms with E-state index >= 15 is 0 Å². The Morgan fingerprint density at radius 3 is 2.47 bits per heavy atom. The zero-order valence-corrected chi connectivity index (χ0v) is 23.5. The number of aliphatic hydroxyl groups excluding tert-OH is 1. The fourth-order valence-electron chi connectivity index (χ4n) is 3.70. The molecule has 0 bridgehead atoms. The number of carbonyl (C=O) groups excluding carboxylic acids is 2. The lowest BCUT2D eigenvalue weighted by Crippen LogP contribution is -2.24. The predicted octanol–water partition coefficient (Wildman–Crippen LogP) is 4.82. The number of ether oxygens (including phenoxy) is 1. The van der Waals surface area contributed by atoms with E-state index in [1.54, 1.807) is 49.4 Å². The Morgan fingerprint density at radius 1 is 1.03 bits per heavy atom. The van der Waals surface area contributed by atoms with Crippen LogP contribution in [0.2, 0.25) is 0 Å². The summed E-state index contributed by atoms with van der Waals surface area (Å²) < 4.78 is 35.8. The maximum absolute atomic E-state index is 12.6. The fourth-order valence-corrected chi connectivity index (χ4v) is 5.30.